The highest BCUT2D eigenvalue weighted by Gasteiger charge is 2.25. The molecule has 0 aromatic heterocycles. The van der Waals surface area contributed by atoms with Crippen molar-refractivity contribution in [3.05, 3.63) is 72.4 Å². The van der Waals surface area contributed by atoms with Crippen molar-refractivity contribution in [3.63, 3.8) is 0 Å². The second kappa shape index (κ2) is 5.07. The van der Waals surface area contributed by atoms with E-state index in [9.17, 15) is 4.79 Å². The number of hydrazine groups is 2. The molecule has 2 amide bonds. The standard InChI is InChI=1S/C15H14N4O/c16-15(20)18-11-14(12-7-3-1-4-8-12)19(17-18)13-9-5-2-6-10-13/h1-11,17H,(H2,16,20). The fraction of sp³-hybridized carbons (Fsp3) is 0. The van der Waals surface area contributed by atoms with Crippen LogP contribution < -0.4 is 16.3 Å². The molecule has 3 N–H and O–H groups in total. The molecular weight excluding hydrogens is 252 g/mol. The smallest absolute Gasteiger partial charge is 0.334 e. The Balaban J connectivity index is 2.02. The first-order chi connectivity index (χ1) is 9.75. The van der Waals surface area contributed by atoms with Gasteiger partial charge in [-0.05, 0) is 12.1 Å². The minimum atomic E-state index is -0.558. The number of anilines is 1. The average molecular weight is 266 g/mol. The highest BCUT2D eigenvalue weighted by molar-refractivity contribution is 5.84. The number of amides is 2. The zero-order valence-electron chi connectivity index (χ0n) is 10.7. The summed E-state index contributed by atoms with van der Waals surface area (Å²) in [5, 5.41) is 3.08. The predicted octanol–water partition coefficient (Wildman–Crippen LogP) is 2.31. The molecule has 0 saturated carbocycles. The van der Waals surface area contributed by atoms with E-state index in [0.717, 1.165) is 16.9 Å². The molecule has 3 rings (SSSR count). The van der Waals surface area contributed by atoms with Crippen molar-refractivity contribution >= 4 is 17.4 Å². The fourth-order valence-corrected chi connectivity index (χ4v) is 2.07. The molecule has 5 heteroatoms. The van der Waals surface area contributed by atoms with Gasteiger partial charge in [-0.25, -0.2) is 9.80 Å². The molecule has 1 aliphatic rings. The number of carbonyl (C=O) groups is 1. The maximum absolute atomic E-state index is 11.4. The van der Waals surface area contributed by atoms with Crippen molar-refractivity contribution in [2.24, 2.45) is 5.73 Å². The first kappa shape index (κ1) is 12.3. The van der Waals surface area contributed by atoms with Gasteiger partial charge in [0, 0.05) is 5.56 Å². The Morgan fingerprint density at radius 1 is 0.950 bits per heavy atom. The Bertz CT molecular complexity index is 639. The Labute approximate surface area is 116 Å². The van der Waals surface area contributed by atoms with Crippen molar-refractivity contribution in [1.82, 2.24) is 10.5 Å². The van der Waals surface area contributed by atoms with Gasteiger partial charge in [0.05, 0.1) is 17.6 Å². The number of primary amides is 1. The lowest BCUT2D eigenvalue weighted by Crippen LogP contribution is -2.45. The van der Waals surface area contributed by atoms with Gasteiger partial charge in [0.25, 0.3) is 0 Å². The van der Waals surface area contributed by atoms with Gasteiger partial charge in [0.15, 0.2) is 0 Å². The van der Waals surface area contributed by atoms with E-state index in [1.807, 2.05) is 65.7 Å². The third kappa shape index (κ3) is 2.22. The number of nitrogens with one attached hydrogen (secondary N) is 1. The molecule has 1 aliphatic heterocycles. The summed E-state index contributed by atoms with van der Waals surface area (Å²) in [6, 6.07) is 19.0. The molecule has 2 aromatic rings. The summed E-state index contributed by atoms with van der Waals surface area (Å²) in [4.78, 5) is 11.4. The lowest BCUT2D eigenvalue weighted by Gasteiger charge is -2.23. The molecule has 0 saturated heterocycles. The summed E-state index contributed by atoms with van der Waals surface area (Å²) >= 11 is 0. The molecule has 0 unspecified atom stereocenters. The highest BCUT2D eigenvalue weighted by atomic mass is 16.2. The second-order valence-electron chi connectivity index (χ2n) is 4.36. The van der Waals surface area contributed by atoms with Crippen LogP contribution in [-0.4, -0.2) is 11.0 Å². The summed E-state index contributed by atoms with van der Waals surface area (Å²) < 4.78 is 0. The van der Waals surface area contributed by atoms with Gasteiger partial charge >= 0.3 is 6.03 Å². The third-order valence-electron chi connectivity index (χ3n) is 3.02. The lowest BCUT2D eigenvalue weighted by atomic mass is 10.1. The second-order valence-corrected chi connectivity index (χ2v) is 4.36. The van der Waals surface area contributed by atoms with Crippen molar-refractivity contribution < 1.29 is 4.79 Å². The SMILES string of the molecule is NC(=O)N1C=C(c2ccccc2)N(c2ccccc2)N1. The zero-order chi connectivity index (χ0) is 13.9. The normalized spacial score (nSPS) is 14.3. The van der Waals surface area contributed by atoms with Crippen molar-refractivity contribution in [3.8, 4) is 0 Å². The molecule has 0 fully saturated rings. The van der Waals surface area contributed by atoms with E-state index in [0.29, 0.717) is 0 Å². The number of carbonyl (C=O) groups excluding carboxylic acids is 1. The van der Waals surface area contributed by atoms with Crippen LogP contribution in [0.1, 0.15) is 5.56 Å². The molecule has 100 valence electrons. The Morgan fingerprint density at radius 3 is 2.15 bits per heavy atom. The number of hydrogen-bond acceptors (Lipinski definition) is 3. The number of nitrogens with zero attached hydrogens (tertiary/aromatic N) is 2. The summed E-state index contributed by atoms with van der Waals surface area (Å²) in [5.74, 6) is 0. The van der Waals surface area contributed by atoms with Crippen LogP contribution in [0.5, 0.6) is 0 Å². The van der Waals surface area contributed by atoms with Crippen LogP contribution in [0.3, 0.4) is 0 Å². The number of nitrogens with two attached hydrogens (primary N) is 1. The third-order valence-corrected chi connectivity index (χ3v) is 3.02. The number of benzene rings is 2. The van der Waals surface area contributed by atoms with E-state index < -0.39 is 6.03 Å². The van der Waals surface area contributed by atoms with Crippen LogP contribution in [-0.2, 0) is 0 Å². The predicted molar refractivity (Wildman–Crippen MR) is 77.9 cm³/mol. The maximum Gasteiger partial charge on any atom is 0.334 e. The van der Waals surface area contributed by atoms with Crippen LogP contribution in [0.2, 0.25) is 0 Å². The van der Waals surface area contributed by atoms with Crippen LogP contribution >= 0.6 is 0 Å². The first-order valence-electron chi connectivity index (χ1n) is 6.23. The molecule has 0 aliphatic carbocycles. The largest absolute Gasteiger partial charge is 0.350 e. The van der Waals surface area contributed by atoms with Gasteiger partial charge in [-0.2, -0.15) is 0 Å². The van der Waals surface area contributed by atoms with Crippen molar-refractivity contribution in [2.45, 2.75) is 0 Å². The number of rotatable bonds is 2. The van der Waals surface area contributed by atoms with Gasteiger partial charge in [-0.1, -0.05) is 48.5 Å². The number of urea groups is 1. The van der Waals surface area contributed by atoms with Gasteiger partial charge < -0.3 is 5.73 Å². The maximum atomic E-state index is 11.4. The van der Waals surface area contributed by atoms with Crippen LogP contribution in [0.4, 0.5) is 10.5 Å². The monoisotopic (exact) mass is 266 g/mol. The molecule has 2 aromatic carbocycles. The Morgan fingerprint density at radius 2 is 1.55 bits per heavy atom. The van der Waals surface area contributed by atoms with E-state index >= 15 is 0 Å². The number of para-hydroxylation sites is 1. The molecule has 0 bridgehead atoms. The number of hydrogen-bond donors (Lipinski definition) is 2. The molecule has 5 nitrogen and oxygen atoms in total. The van der Waals surface area contributed by atoms with Crippen LogP contribution in [0.25, 0.3) is 5.70 Å². The van der Waals surface area contributed by atoms with Gasteiger partial charge in [0.1, 0.15) is 0 Å². The first-order valence-corrected chi connectivity index (χ1v) is 6.23. The molecule has 0 radical (unpaired) electrons. The van der Waals surface area contributed by atoms with E-state index in [1.54, 1.807) is 6.20 Å². The van der Waals surface area contributed by atoms with Gasteiger partial charge in [-0.3, -0.25) is 5.01 Å². The van der Waals surface area contributed by atoms with Crippen LogP contribution in [0, 0.1) is 0 Å². The van der Waals surface area contributed by atoms with Gasteiger partial charge in [0.2, 0.25) is 0 Å². The summed E-state index contributed by atoms with van der Waals surface area (Å²) in [6.07, 6.45) is 1.69. The molecule has 0 atom stereocenters. The lowest BCUT2D eigenvalue weighted by molar-refractivity contribution is 0.212. The molecule has 1 heterocycles. The Kier molecular flexibility index (Phi) is 3.10. The van der Waals surface area contributed by atoms with E-state index in [-0.39, 0.29) is 0 Å². The highest BCUT2D eigenvalue weighted by Crippen LogP contribution is 2.28. The summed E-state index contributed by atoms with van der Waals surface area (Å²) in [7, 11) is 0. The minimum absolute atomic E-state index is 0.558. The van der Waals surface area contributed by atoms with Crippen LogP contribution in [0.15, 0.2) is 66.9 Å². The minimum Gasteiger partial charge on any atom is -0.350 e. The Hall–Kier alpha value is -2.79. The van der Waals surface area contributed by atoms with E-state index in [4.69, 9.17) is 5.73 Å². The quantitative estimate of drug-likeness (QED) is 0.876. The molecule has 0 spiro atoms. The van der Waals surface area contributed by atoms with Crippen molar-refractivity contribution in [2.75, 3.05) is 5.01 Å². The van der Waals surface area contributed by atoms with E-state index in [1.165, 1.54) is 5.01 Å². The summed E-state index contributed by atoms with van der Waals surface area (Å²) in [5.41, 5.74) is 11.1. The topological polar surface area (TPSA) is 61.6 Å². The van der Waals surface area contributed by atoms with E-state index in [2.05, 4.69) is 5.53 Å². The van der Waals surface area contributed by atoms with Gasteiger partial charge in [-0.15, -0.1) is 5.53 Å². The molecule has 20 heavy (non-hydrogen) atoms. The zero-order valence-corrected chi connectivity index (χ0v) is 10.7. The average Bonchev–Trinajstić information content (AvgIpc) is 2.94. The molecular formula is C15H14N4O. The van der Waals surface area contributed by atoms with Crippen molar-refractivity contribution in [1.29, 1.82) is 0 Å². The fourth-order valence-electron chi connectivity index (χ4n) is 2.07. The summed E-state index contributed by atoms with van der Waals surface area (Å²) in [6.45, 7) is 0.